The maximum absolute atomic E-state index is 13.8. The van der Waals surface area contributed by atoms with E-state index in [2.05, 4.69) is 50.0 Å². The molecule has 2 amide bonds. The topological polar surface area (TPSA) is 52.7 Å². The van der Waals surface area contributed by atoms with E-state index in [-0.39, 0.29) is 23.1 Å². The van der Waals surface area contributed by atoms with Gasteiger partial charge in [-0.2, -0.15) is 0 Å². The van der Waals surface area contributed by atoms with Crippen molar-refractivity contribution in [2.45, 2.75) is 65.8 Å². The molecule has 0 spiro atoms. The number of hydrogen-bond donors (Lipinski definition) is 1. The lowest BCUT2D eigenvalue weighted by Gasteiger charge is -2.29. The molecule has 1 aliphatic carbocycles. The van der Waals surface area contributed by atoms with Crippen molar-refractivity contribution in [1.29, 1.82) is 0 Å². The van der Waals surface area contributed by atoms with E-state index in [9.17, 15) is 9.59 Å². The zero-order valence-electron chi connectivity index (χ0n) is 21.7. The Bertz CT molecular complexity index is 975. The van der Waals surface area contributed by atoms with E-state index in [1.165, 1.54) is 12.8 Å². The van der Waals surface area contributed by atoms with Gasteiger partial charge in [0.2, 0.25) is 11.8 Å². The molecule has 0 radical (unpaired) electrons. The molecular formula is C29H41N3O2. The molecule has 0 saturated heterocycles. The van der Waals surface area contributed by atoms with Gasteiger partial charge in [0.1, 0.15) is 0 Å². The Morgan fingerprint density at radius 2 is 1.74 bits per heavy atom. The van der Waals surface area contributed by atoms with Gasteiger partial charge in [0.05, 0.1) is 5.92 Å². The molecule has 5 heteroatoms. The quantitative estimate of drug-likeness (QED) is 0.466. The van der Waals surface area contributed by atoms with Crippen molar-refractivity contribution < 1.29 is 9.59 Å². The first-order chi connectivity index (χ1) is 16.1. The number of anilines is 2. The second kappa shape index (κ2) is 11.1. The van der Waals surface area contributed by atoms with Crippen molar-refractivity contribution in [3.05, 3.63) is 59.7 Å². The summed E-state index contributed by atoms with van der Waals surface area (Å²) in [5, 5.41) is 3.06. The molecule has 1 saturated carbocycles. The molecule has 1 fully saturated rings. The highest BCUT2D eigenvalue weighted by molar-refractivity contribution is 5.91. The smallest absolute Gasteiger partial charge is 0.230 e. The number of amides is 2. The van der Waals surface area contributed by atoms with Crippen LogP contribution in [0.2, 0.25) is 0 Å². The summed E-state index contributed by atoms with van der Waals surface area (Å²) in [5.74, 6) is 0.650. The fraction of sp³-hybridized carbons (Fsp3) is 0.517. The molecule has 5 nitrogen and oxygen atoms in total. The third kappa shape index (κ3) is 7.34. The van der Waals surface area contributed by atoms with Crippen LogP contribution < -0.4 is 10.2 Å². The maximum atomic E-state index is 13.8. The van der Waals surface area contributed by atoms with Gasteiger partial charge in [0.25, 0.3) is 0 Å². The van der Waals surface area contributed by atoms with E-state index in [0.29, 0.717) is 18.9 Å². The van der Waals surface area contributed by atoms with Crippen molar-refractivity contribution in [1.82, 2.24) is 4.90 Å². The highest BCUT2D eigenvalue weighted by atomic mass is 16.2. The van der Waals surface area contributed by atoms with Gasteiger partial charge in [-0.05, 0) is 59.9 Å². The minimum absolute atomic E-state index is 0.0112. The monoisotopic (exact) mass is 463 g/mol. The molecule has 2 aromatic carbocycles. The van der Waals surface area contributed by atoms with Crippen LogP contribution in [-0.2, 0) is 16.1 Å². The second-order valence-electron chi connectivity index (χ2n) is 11.1. The summed E-state index contributed by atoms with van der Waals surface area (Å²) in [6, 6.07) is 16.1. The van der Waals surface area contributed by atoms with Gasteiger partial charge in [-0.3, -0.25) is 9.59 Å². The summed E-state index contributed by atoms with van der Waals surface area (Å²) < 4.78 is 0. The zero-order valence-corrected chi connectivity index (χ0v) is 21.7. The average Bonchev–Trinajstić information content (AvgIpc) is 3.57. The third-order valence-corrected chi connectivity index (χ3v) is 6.29. The molecule has 0 bridgehead atoms. The van der Waals surface area contributed by atoms with Crippen LogP contribution >= 0.6 is 0 Å². The summed E-state index contributed by atoms with van der Waals surface area (Å²) in [7, 11) is 4.03. The van der Waals surface area contributed by atoms with Crippen molar-refractivity contribution in [3.8, 4) is 0 Å². The van der Waals surface area contributed by atoms with E-state index in [4.69, 9.17) is 0 Å². The maximum Gasteiger partial charge on any atom is 0.230 e. The summed E-state index contributed by atoms with van der Waals surface area (Å²) >= 11 is 0. The summed E-state index contributed by atoms with van der Waals surface area (Å²) in [6.07, 6.45) is 3.61. The second-order valence-corrected chi connectivity index (χ2v) is 11.1. The molecular weight excluding hydrogens is 422 g/mol. The number of benzene rings is 2. The van der Waals surface area contributed by atoms with Crippen LogP contribution in [0.25, 0.3) is 0 Å². The molecule has 0 unspecified atom stereocenters. The Hall–Kier alpha value is -2.82. The lowest BCUT2D eigenvalue weighted by molar-refractivity contribution is -0.133. The van der Waals surface area contributed by atoms with Crippen LogP contribution in [0.3, 0.4) is 0 Å². The molecule has 2 aromatic rings. The predicted octanol–water partition coefficient (Wildman–Crippen LogP) is 6.06. The van der Waals surface area contributed by atoms with E-state index in [0.717, 1.165) is 35.5 Å². The van der Waals surface area contributed by atoms with Gasteiger partial charge in [-0.25, -0.2) is 0 Å². The lowest BCUT2D eigenvalue weighted by atomic mass is 9.92. The van der Waals surface area contributed by atoms with Gasteiger partial charge in [-0.1, -0.05) is 58.0 Å². The zero-order chi connectivity index (χ0) is 24.9. The third-order valence-electron chi connectivity index (χ3n) is 6.29. The number of carbonyl (C=O) groups is 2. The van der Waals surface area contributed by atoms with Crippen LogP contribution in [0.4, 0.5) is 11.4 Å². The van der Waals surface area contributed by atoms with Gasteiger partial charge in [0, 0.05) is 45.0 Å². The normalized spacial score (nSPS) is 14.4. The first-order valence-corrected chi connectivity index (χ1v) is 12.5. The molecule has 0 aliphatic heterocycles. The largest absolute Gasteiger partial charge is 0.377 e. The van der Waals surface area contributed by atoms with E-state index >= 15 is 0 Å². The van der Waals surface area contributed by atoms with Crippen LogP contribution in [0, 0.1) is 11.3 Å². The molecule has 0 aromatic heterocycles. The first-order valence-electron chi connectivity index (χ1n) is 12.5. The summed E-state index contributed by atoms with van der Waals surface area (Å²) in [5.41, 5.74) is 3.90. The molecule has 0 heterocycles. The fourth-order valence-electron chi connectivity index (χ4n) is 4.42. The van der Waals surface area contributed by atoms with Crippen molar-refractivity contribution in [2.75, 3.05) is 30.9 Å². The first kappa shape index (κ1) is 25.8. The minimum atomic E-state index is -0.141. The number of carbonyl (C=O) groups excluding carboxylic acids is 2. The van der Waals surface area contributed by atoms with Gasteiger partial charge in [0.15, 0.2) is 0 Å². The molecule has 1 atom stereocenters. The molecule has 1 N–H and O–H groups in total. The van der Waals surface area contributed by atoms with Crippen LogP contribution in [-0.4, -0.2) is 37.4 Å². The Kier molecular flexibility index (Phi) is 8.40. The highest BCUT2D eigenvalue weighted by Gasteiger charge is 2.31. The molecule has 34 heavy (non-hydrogen) atoms. The molecule has 184 valence electrons. The SMILES string of the molecule is CC[C@@H](C(=O)N(Cc1cc(NC(=O)CC(C)(C)C)ccc1N(C)C)CC1CC1)c1ccccc1. The van der Waals surface area contributed by atoms with E-state index < -0.39 is 0 Å². The fourth-order valence-corrected chi connectivity index (χ4v) is 4.42. The Morgan fingerprint density at radius 3 is 2.29 bits per heavy atom. The Morgan fingerprint density at radius 1 is 1.06 bits per heavy atom. The number of nitrogens with zero attached hydrogens (tertiary/aromatic N) is 2. The standard InChI is InChI=1S/C29H41N3O2/c1-7-25(22-11-9-8-10-12-22)28(34)32(19-21-13-14-21)20-23-17-24(15-16-26(23)31(5)6)30-27(33)18-29(2,3)4/h8-12,15-17,21,25H,7,13-14,18-20H2,1-6H3,(H,30,33)/t25-/m1/s1. The molecule has 1 aliphatic rings. The number of hydrogen-bond acceptors (Lipinski definition) is 3. The van der Waals surface area contributed by atoms with Crippen LogP contribution in [0.15, 0.2) is 48.5 Å². The highest BCUT2D eigenvalue weighted by Crippen LogP contribution is 2.34. The van der Waals surface area contributed by atoms with Crippen LogP contribution in [0.5, 0.6) is 0 Å². The summed E-state index contributed by atoms with van der Waals surface area (Å²) in [6.45, 7) is 9.59. The predicted molar refractivity (Wildman–Crippen MR) is 141 cm³/mol. The van der Waals surface area contributed by atoms with Crippen molar-refractivity contribution in [2.24, 2.45) is 11.3 Å². The van der Waals surface area contributed by atoms with Gasteiger partial charge in [-0.15, -0.1) is 0 Å². The number of rotatable bonds is 10. The van der Waals surface area contributed by atoms with E-state index in [1.54, 1.807) is 0 Å². The number of nitrogens with one attached hydrogen (secondary N) is 1. The lowest BCUT2D eigenvalue weighted by Crippen LogP contribution is -2.36. The van der Waals surface area contributed by atoms with Gasteiger partial charge < -0.3 is 15.1 Å². The van der Waals surface area contributed by atoms with Gasteiger partial charge >= 0.3 is 0 Å². The minimum Gasteiger partial charge on any atom is -0.377 e. The van der Waals surface area contributed by atoms with E-state index in [1.807, 2.05) is 55.4 Å². The molecule has 3 rings (SSSR count). The Labute approximate surface area is 205 Å². The average molecular weight is 464 g/mol. The summed E-state index contributed by atoms with van der Waals surface area (Å²) in [4.78, 5) is 30.4. The van der Waals surface area contributed by atoms with Crippen molar-refractivity contribution >= 4 is 23.2 Å². The Balaban J connectivity index is 1.87. The van der Waals surface area contributed by atoms with Crippen LogP contribution in [0.1, 0.15) is 70.4 Å². The van der Waals surface area contributed by atoms with Crippen molar-refractivity contribution in [3.63, 3.8) is 0 Å².